The molecular weight excluding hydrogens is 234 g/mol. The Morgan fingerprint density at radius 1 is 1.35 bits per heavy atom. The number of aromatic nitrogens is 2. The summed E-state index contributed by atoms with van der Waals surface area (Å²) in [6.45, 7) is 3.26. The second-order valence-electron chi connectivity index (χ2n) is 5.47. The molecule has 4 heteroatoms. The van der Waals surface area contributed by atoms with E-state index in [0.29, 0.717) is 5.88 Å². The van der Waals surface area contributed by atoms with Crippen molar-refractivity contribution >= 4 is 17.4 Å². The molecule has 1 heterocycles. The summed E-state index contributed by atoms with van der Waals surface area (Å²) in [4.78, 5) is 2.56. The quantitative estimate of drug-likeness (QED) is 0.753. The zero-order chi connectivity index (χ0) is 12.0. The summed E-state index contributed by atoms with van der Waals surface area (Å²) in [5, 5.41) is 4.53. The highest BCUT2D eigenvalue weighted by atomic mass is 35.5. The molecule has 0 amide bonds. The van der Waals surface area contributed by atoms with Crippen molar-refractivity contribution in [3.05, 3.63) is 11.3 Å². The van der Waals surface area contributed by atoms with Gasteiger partial charge in [-0.25, -0.2) is 0 Å². The highest BCUT2D eigenvalue weighted by Gasteiger charge is 2.36. The molecule has 0 spiro atoms. The van der Waals surface area contributed by atoms with Crippen LogP contribution >= 0.6 is 11.6 Å². The number of aryl methyl sites for hydroxylation is 2. The Hall–Kier alpha value is -0.700. The lowest BCUT2D eigenvalue weighted by molar-refractivity contribution is 0.661. The van der Waals surface area contributed by atoms with Crippen LogP contribution in [0.1, 0.15) is 36.9 Å². The Labute approximate surface area is 108 Å². The summed E-state index contributed by atoms with van der Waals surface area (Å²) in [5.41, 5.74) is 2.31. The molecule has 0 aliphatic heterocycles. The Kier molecular flexibility index (Phi) is 2.81. The van der Waals surface area contributed by atoms with Crippen LogP contribution in [0.3, 0.4) is 0 Å². The first-order valence-electron chi connectivity index (χ1n) is 6.55. The summed E-state index contributed by atoms with van der Waals surface area (Å²) < 4.78 is 2.02. The Bertz CT molecular complexity index is 419. The van der Waals surface area contributed by atoms with Crippen LogP contribution in [0.25, 0.3) is 0 Å². The highest BCUT2D eigenvalue weighted by Crippen LogP contribution is 2.39. The van der Waals surface area contributed by atoms with E-state index < -0.39 is 0 Å². The van der Waals surface area contributed by atoms with Crippen LogP contribution in [0.2, 0.25) is 0 Å². The van der Waals surface area contributed by atoms with Crippen molar-refractivity contribution in [2.24, 2.45) is 13.0 Å². The van der Waals surface area contributed by atoms with Gasteiger partial charge in [0, 0.05) is 25.2 Å². The summed E-state index contributed by atoms with van der Waals surface area (Å²) in [5.74, 6) is 2.75. The van der Waals surface area contributed by atoms with Crippen molar-refractivity contribution in [2.45, 2.75) is 44.5 Å². The summed E-state index contributed by atoms with van der Waals surface area (Å²) >= 11 is 6.09. The van der Waals surface area contributed by atoms with E-state index in [4.69, 9.17) is 11.6 Å². The first-order chi connectivity index (χ1) is 8.20. The first-order valence-corrected chi connectivity index (χ1v) is 7.09. The van der Waals surface area contributed by atoms with Gasteiger partial charge in [-0.3, -0.25) is 4.68 Å². The Balaban J connectivity index is 1.92. The van der Waals surface area contributed by atoms with E-state index in [1.54, 1.807) is 0 Å². The van der Waals surface area contributed by atoms with Crippen LogP contribution in [-0.4, -0.2) is 22.4 Å². The van der Waals surface area contributed by atoms with Crippen molar-refractivity contribution in [3.8, 4) is 0 Å². The molecule has 2 aliphatic carbocycles. The number of hydrogen-bond donors (Lipinski definition) is 0. The third-order valence-corrected chi connectivity index (χ3v) is 4.13. The maximum Gasteiger partial charge on any atom is 0.131 e. The fourth-order valence-corrected chi connectivity index (χ4v) is 2.89. The molecule has 0 saturated heterocycles. The summed E-state index contributed by atoms with van der Waals surface area (Å²) in [6, 6.07) is 0.743. The standard InChI is InChI=1S/C13H20ClN3/c1-9-12(7-14)13(16(2)15-9)17(11-5-6-11)8-10-3-4-10/h10-11H,3-8H2,1-2H3. The van der Waals surface area contributed by atoms with E-state index in [-0.39, 0.29) is 0 Å². The number of rotatable bonds is 5. The second-order valence-corrected chi connectivity index (χ2v) is 5.74. The zero-order valence-corrected chi connectivity index (χ0v) is 11.4. The van der Waals surface area contributed by atoms with Crippen LogP contribution in [0, 0.1) is 12.8 Å². The third-order valence-electron chi connectivity index (χ3n) is 3.86. The molecule has 1 aromatic heterocycles. The molecule has 2 saturated carbocycles. The molecule has 94 valence electrons. The number of halogens is 1. The molecule has 3 nitrogen and oxygen atoms in total. The van der Waals surface area contributed by atoms with Gasteiger partial charge >= 0.3 is 0 Å². The van der Waals surface area contributed by atoms with Crippen molar-refractivity contribution in [1.29, 1.82) is 0 Å². The highest BCUT2D eigenvalue weighted by molar-refractivity contribution is 6.17. The maximum absolute atomic E-state index is 6.09. The van der Waals surface area contributed by atoms with E-state index in [1.807, 2.05) is 11.7 Å². The van der Waals surface area contributed by atoms with Crippen LogP contribution in [0.4, 0.5) is 5.82 Å². The number of nitrogens with zero attached hydrogens (tertiary/aromatic N) is 3. The van der Waals surface area contributed by atoms with E-state index in [9.17, 15) is 0 Å². The predicted molar refractivity (Wildman–Crippen MR) is 70.6 cm³/mol. The normalized spacial score (nSPS) is 19.7. The van der Waals surface area contributed by atoms with Crippen LogP contribution < -0.4 is 4.90 Å². The molecule has 2 fully saturated rings. The fraction of sp³-hybridized carbons (Fsp3) is 0.769. The molecule has 0 radical (unpaired) electrons. The first kappa shape index (κ1) is 11.4. The van der Waals surface area contributed by atoms with Crippen LogP contribution in [-0.2, 0) is 12.9 Å². The van der Waals surface area contributed by atoms with Crippen molar-refractivity contribution in [3.63, 3.8) is 0 Å². The second kappa shape index (κ2) is 4.20. The molecule has 0 atom stereocenters. The molecular formula is C13H20ClN3. The number of anilines is 1. The van der Waals surface area contributed by atoms with Crippen molar-refractivity contribution in [1.82, 2.24) is 9.78 Å². The van der Waals surface area contributed by atoms with Gasteiger partial charge in [-0.05, 0) is 38.5 Å². The monoisotopic (exact) mass is 253 g/mol. The largest absolute Gasteiger partial charge is 0.353 e. The molecule has 2 aliphatic rings. The van der Waals surface area contributed by atoms with Gasteiger partial charge in [0.25, 0.3) is 0 Å². The molecule has 17 heavy (non-hydrogen) atoms. The summed E-state index contributed by atoms with van der Waals surface area (Å²) in [6.07, 6.45) is 5.46. The predicted octanol–water partition coefficient (Wildman–Crippen LogP) is 2.85. The average Bonchev–Trinajstić information content (AvgIpc) is 3.13. The molecule has 0 bridgehead atoms. The van der Waals surface area contributed by atoms with Gasteiger partial charge in [-0.1, -0.05) is 0 Å². The van der Waals surface area contributed by atoms with Gasteiger partial charge in [0.1, 0.15) is 5.82 Å². The molecule has 0 aromatic carbocycles. The fourth-order valence-electron chi connectivity index (χ4n) is 2.58. The smallest absolute Gasteiger partial charge is 0.131 e. The van der Waals surface area contributed by atoms with Crippen LogP contribution in [0.15, 0.2) is 0 Å². The Morgan fingerprint density at radius 2 is 2.06 bits per heavy atom. The van der Waals surface area contributed by atoms with Crippen molar-refractivity contribution in [2.75, 3.05) is 11.4 Å². The minimum Gasteiger partial charge on any atom is -0.353 e. The average molecular weight is 254 g/mol. The van der Waals surface area contributed by atoms with Gasteiger partial charge in [-0.2, -0.15) is 5.10 Å². The van der Waals surface area contributed by atoms with Crippen molar-refractivity contribution < 1.29 is 0 Å². The van der Waals surface area contributed by atoms with Crippen LogP contribution in [0.5, 0.6) is 0 Å². The van der Waals surface area contributed by atoms with Gasteiger partial charge < -0.3 is 4.90 Å². The lowest BCUT2D eigenvalue weighted by Gasteiger charge is -2.25. The topological polar surface area (TPSA) is 21.1 Å². The lowest BCUT2D eigenvalue weighted by Crippen LogP contribution is -2.30. The third kappa shape index (κ3) is 2.17. The molecule has 0 unspecified atom stereocenters. The number of hydrogen-bond acceptors (Lipinski definition) is 2. The summed E-state index contributed by atoms with van der Waals surface area (Å²) in [7, 11) is 2.04. The van der Waals surface area contributed by atoms with Gasteiger partial charge in [0.05, 0.1) is 11.6 Å². The minimum absolute atomic E-state index is 0.572. The number of alkyl halides is 1. The van der Waals surface area contributed by atoms with Gasteiger partial charge in [0.2, 0.25) is 0 Å². The van der Waals surface area contributed by atoms with E-state index >= 15 is 0 Å². The maximum atomic E-state index is 6.09. The van der Waals surface area contributed by atoms with Gasteiger partial charge in [-0.15, -0.1) is 11.6 Å². The molecule has 1 aromatic rings. The Morgan fingerprint density at radius 3 is 2.59 bits per heavy atom. The van der Waals surface area contributed by atoms with E-state index in [2.05, 4.69) is 16.9 Å². The van der Waals surface area contributed by atoms with E-state index in [1.165, 1.54) is 43.6 Å². The van der Waals surface area contributed by atoms with Gasteiger partial charge in [0.15, 0.2) is 0 Å². The molecule has 3 rings (SSSR count). The SMILES string of the molecule is Cc1nn(C)c(N(CC2CC2)C2CC2)c1CCl. The lowest BCUT2D eigenvalue weighted by atomic mass is 10.2. The zero-order valence-electron chi connectivity index (χ0n) is 10.6. The van der Waals surface area contributed by atoms with E-state index in [0.717, 1.165) is 17.7 Å². The molecule has 0 N–H and O–H groups in total. The minimum atomic E-state index is 0.572.